The van der Waals surface area contributed by atoms with Gasteiger partial charge in [-0.15, -0.1) is 0 Å². The maximum Gasteiger partial charge on any atom is 0.321 e. The van der Waals surface area contributed by atoms with E-state index in [0.29, 0.717) is 5.69 Å². The van der Waals surface area contributed by atoms with Crippen molar-refractivity contribution in [2.24, 2.45) is 0 Å². The van der Waals surface area contributed by atoms with Crippen LogP contribution >= 0.6 is 0 Å². The minimum atomic E-state index is -3.86. The van der Waals surface area contributed by atoms with Crippen LogP contribution in [0.3, 0.4) is 0 Å². The molecule has 0 saturated carbocycles. The Morgan fingerprint density at radius 3 is 2.23 bits per heavy atom. The average Bonchev–Trinajstić information content (AvgIpc) is 2.61. The Morgan fingerprint density at radius 1 is 1.04 bits per heavy atom. The van der Waals surface area contributed by atoms with Gasteiger partial charge >= 0.3 is 5.97 Å². The number of anilines is 1. The first-order chi connectivity index (χ1) is 12.3. The number of sulfonamides is 1. The van der Waals surface area contributed by atoms with Crippen LogP contribution in [0.2, 0.25) is 0 Å². The number of carbonyl (C=O) groups excluding carboxylic acids is 2. The average molecular weight is 376 g/mol. The lowest BCUT2D eigenvalue weighted by atomic mass is 10.1. The van der Waals surface area contributed by atoms with E-state index >= 15 is 0 Å². The van der Waals surface area contributed by atoms with Crippen LogP contribution in [0.1, 0.15) is 25.5 Å². The van der Waals surface area contributed by atoms with Gasteiger partial charge in [0.05, 0.1) is 4.90 Å². The molecule has 0 aliphatic rings. The Labute approximate surface area is 152 Å². The molecule has 0 spiro atoms. The van der Waals surface area contributed by atoms with Crippen molar-refractivity contribution in [3.63, 3.8) is 0 Å². The van der Waals surface area contributed by atoms with Crippen molar-refractivity contribution in [1.82, 2.24) is 4.72 Å². The molecule has 0 aliphatic heterocycles. The third kappa shape index (κ3) is 5.68. The standard InChI is InChI=1S/C18H20N2O5S/c1-13(15-6-4-3-5-7-15)25-18(22)12-19-26(23,24)17-10-8-16(9-11-17)20-14(2)21/h3-11,13,19H,12H2,1-2H3,(H,20,21)/t13-/m0/s1. The highest BCUT2D eigenvalue weighted by Gasteiger charge is 2.18. The molecular weight excluding hydrogens is 356 g/mol. The van der Waals surface area contributed by atoms with Gasteiger partial charge in [-0.3, -0.25) is 9.59 Å². The molecule has 2 aromatic carbocycles. The van der Waals surface area contributed by atoms with Crippen molar-refractivity contribution in [2.45, 2.75) is 24.8 Å². The summed E-state index contributed by atoms with van der Waals surface area (Å²) in [4.78, 5) is 22.8. The largest absolute Gasteiger partial charge is 0.457 e. The number of amides is 1. The summed E-state index contributed by atoms with van der Waals surface area (Å²) in [6.07, 6.45) is -0.481. The highest BCUT2D eigenvalue weighted by atomic mass is 32.2. The third-order valence-electron chi connectivity index (χ3n) is 3.47. The van der Waals surface area contributed by atoms with Gasteiger partial charge in [0.2, 0.25) is 15.9 Å². The number of carbonyl (C=O) groups is 2. The maximum atomic E-state index is 12.2. The van der Waals surface area contributed by atoms with Gasteiger partial charge in [-0.2, -0.15) is 4.72 Å². The van der Waals surface area contributed by atoms with Gasteiger partial charge in [0.25, 0.3) is 0 Å². The molecule has 8 heteroatoms. The lowest BCUT2D eigenvalue weighted by Gasteiger charge is -2.14. The number of nitrogens with one attached hydrogen (secondary N) is 2. The number of hydrogen-bond donors (Lipinski definition) is 2. The summed E-state index contributed by atoms with van der Waals surface area (Å²) >= 11 is 0. The number of ether oxygens (including phenoxy) is 1. The molecule has 0 aromatic heterocycles. The predicted octanol–water partition coefficient (Wildman–Crippen LogP) is 2.23. The van der Waals surface area contributed by atoms with Crippen molar-refractivity contribution in [1.29, 1.82) is 0 Å². The smallest absolute Gasteiger partial charge is 0.321 e. The van der Waals surface area contributed by atoms with Crippen LogP contribution in [0.15, 0.2) is 59.5 Å². The van der Waals surface area contributed by atoms with E-state index in [1.54, 1.807) is 6.92 Å². The van der Waals surface area contributed by atoms with E-state index in [1.807, 2.05) is 30.3 Å². The van der Waals surface area contributed by atoms with E-state index in [0.717, 1.165) is 5.56 Å². The van der Waals surface area contributed by atoms with Gasteiger partial charge in [0, 0.05) is 12.6 Å². The number of esters is 1. The lowest BCUT2D eigenvalue weighted by Crippen LogP contribution is -2.31. The van der Waals surface area contributed by atoms with Crippen molar-refractivity contribution in [3.05, 3.63) is 60.2 Å². The topological polar surface area (TPSA) is 102 Å². The molecule has 0 radical (unpaired) electrons. The molecule has 26 heavy (non-hydrogen) atoms. The van der Waals surface area contributed by atoms with Gasteiger partial charge in [0.15, 0.2) is 0 Å². The van der Waals surface area contributed by atoms with Crippen molar-refractivity contribution >= 4 is 27.6 Å². The Balaban J connectivity index is 1.92. The first-order valence-corrected chi connectivity index (χ1v) is 9.38. The molecule has 0 unspecified atom stereocenters. The van der Waals surface area contributed by atoms with E-state index < -0.39 is 28.6 Å². The molecule has 0 aliphatic carbocycles. The molecule has 138 valence electrons. The van der Waals surface area contributed by atoms with Crippen LogP contribution in [-0.4, -0.2) is 26.8 Å². The molecule has 1 atom stereocenters. The van der Waals surface area contributed by atoms with Gasteiger partial charge in [-0.05, 0) is 36.8 Å². The van der Waals surface area contributed by atoms with Crippen molar-refractivity contribution < 1.29 is 22.7 Å². The summed E-state index contributed by atoms with van der Waals surface area (Å²) in [6, 6.07) is 14.7. The molecule has 0 saturated heterocycles. The Morgan fingerprint density at radius 2 is 1.65 bits per heavy atom. The molecule has 0 fully saturated rings. The normalized spacial score (nSPS) is 12.2. The maximum absolute atomic E-state index is 12.2. The Bertz CT molecular complexity index is 864. The molecule has 2 aromatic rings. The van der Waals surface area contributed by atoms with Crippen molar-refractivity contribution in [2.75, 3.05) is 11.9 Å². The van der Waals surface area contributed by atoms with Gasteiger partial charge in [0.1, 0.15) is 12.6 Å². The van der Waals surface area contributed by atoms with Gasteiger partial charge in [-0.1, -0.05) is 30.3 Å². The summed E-state index contributed by atoms with van der Waals surface area (Å²) in [5.41, 5.74) is 1.30. The fraction of sp³-hybridized carbons (Fsp3) is 0.222. The third-order valence-corrected chi connectivity index (χ3v) is 4.89. The molecule has 7 nitrogen and oxygen atoms in total. The molecule has 1 amide bonds. The summed E-state index contributed by atoms with van der Waals surface area (Å²) in [5, 5.41) is 2.54. The van der Waals surface area contributed by atoms with Crippen LogP contribution in [0.4, 0.5) is 5.69 Å². The van der Waals surface area contributed by atoms with E-state index in [-0.39, 0.29) is 10.8 Å². The van der Waals surface area contributed by atoms with Crippen LogP contribution in [-0.2, 0) is 24.3 Å². The molecule has 0 bridgehead atoms. The molecular formula is C18H20N2O5S. The van der Waals surface area contributed by atoms with Crippen LogP contribution in [0.25, 0.3) is 0 Å². The fourth-order valence-electron chi connectivity index (χ4n) is 2.19. The second-order valence-electron chi connectivity index (χ2n) is 5.57. The number of hydrogen-bond acceptors (Lipinski definition) is 5. The Kier molecular flexibility index (Phi) is 6.48. The fourth-order valence-corrected chi connectivity index (χ4v) is 3.16. The van der Waals surface area contributed by atoms with Gasteiger partial charge in [-0.25, -0.2) is 8.42 Å². The quantitative estimate of drug-likeness (QED) is 0.722. The number of benzene rings is 2. The van der Waals surface area contributed by atoms with Crippen molar-refractivity contribution in [3.8, 4) is 0 Å². The summed E-state index contributed by atoms with van der Waals surface area (Å²) < 4.78 is 31.9. The highest BCUT2D eigenvalue weighted by molar-refractivity contribution is 7.89. The monoisotopic (exact) mass is 376 g/mol. The number of rotatable bonds is 7. The minimum Gasteiger partial charge on any atom is -0.457 e. The van der Waals surface area contributed by atoms with E-state index in [4.69, 9.17) is 4.74 Å². The first kappa shape index (κ1) is 19.6. The minimum absolute atomic E-state index is 0.0180. The SMILES string of the molecule is CC(=O)Nc1ccc(S(=O)(=O)NCC(=O)O[C@@H](C)c2ccccc2)cc1. The zero-order valence-corrected chi connectivity index (χ0v) is 15.2. The summed E-state index contributed by atoms with van der Waals surface area (Å²) in [6.45, 7) is 2.59. The second-order valence-corrected chi connectivity index (χ2v) is 7.34. The second kappa shape index (κ2) is 8.59. The molecule has 2 rings (SSSR count). The Hall–Kier alpha value is -2.71. The zero-order chi connectivity index (χ0) is 19.2. The van der Waals surface area contributed by atoms with Crippen LogP contribution < -0.4 is 10.0 Å². The molecule has 2 N–H and O–H groups in total. The van der Waals surface area contributed by atoms with Crippen LogP contribution in [0, 0.1) is 0 Å². The lowest BCUT2D eigenvalue weighted by molar-refractivity contribution is -0.147. The van der Waals surface area contributed by atoms with E-state index in [2.05, 4.69) is 10.0 Å². The van der Waals surface area contributed by atoms with Gasteiger partial charge < -0.3 is 10.1 Å². The van der Waals surface area contributed by atoms with E-state index in [9.17, 15) is 18.0 Å². The highest BCUT2D eigenvalue weighted by Crippen LogP contribution is 2.16. The predicted molar refractivity (Wildman–Crippen MR) is 96.9 cm³/mol. The summed E-state index contributed by atoms with van der Waals surface area (Å²) in [7, 11) is -3.86. The van der Waals surface area contributed by atoms with Crippen LogP contribution in [0.5, 0.6) is 0 Å². The summed E-state index contributed by atoms with van der Waals surface area (Å²) in [5.74, 6) is -0.936. The molecule has 0 heterocycles. The van der Waals surface area contributed by atoms with E-state index in [1.165, 1.54) is 31.2 Å². The zero-order valence-electron chi connectivity index (χ0n) is 14.4. The first-order valence-electron chi connectivity index (χ1n) is 7.89.